The Bertz CT molecular complexity index is 655. The molecule has 3 N–H and O–H groups in total. The smallest absolute Gasteiger partial charge is 0.407 e. The number of hydrogen-bond acceptors (Lipinski definition) is 7. The molecule has 0 unspecified atom stereocenters. The van der Waals surface area contributed by atoms with Gasteiger partial charge in [-0.25, -0.2) is 9.59 Å². The standard InChI is InChI=1S/C16H18Cl3NO7/c1-8-11(21)12(27-13(22)9-5-3-2-4-6-9)10(14(23)26-8)20-15(24)25-7-16(17,18)19/h2-6,8,10-12,14,21,23H,7H2,1H3,(H,20,24)/t8-,10-,11+,12-,14+/m1/s1. The third-order valence-corrected chi connectivity index (χ3v) is 4.06. The second kappa shape index (κ2) is 9.27. The van der Waals surface area contributed by atoms with Gasteiger partial charge in [-0.15, -0.1) is 0 Å². The number of carbonyl (C=O) groups excluding carboxylic acids is 2. The van der Waals surface area contributed by atoms with Crippen LogP contribution in [0.3, 0.4) is 0 Å². The molecule has 0 saturated carbocycles. The lowest BCUT2D eigenvalue weighted by Crippen LogP contribution is -2.64. The highest BCUT2D eigenvalue weighted by atomic mass is 35.6. The van der Waals surface area contributed by atoms with Crippen LogP contribution in [-0.2, 0) is 14.2 Å². The molecule has 1 fully saturated rings. The van der Waals surface area contributed by atoms with Crippen molar-refractivity contribution < 1.29 is 34.0 Å². The number of aliphatic hydroxyl groups excluding tert-OH is 2. The number of halogens is 3. The van der Waals surface area contributed by atoms with Crippen molar-refractivity contribution in [1.82, 2.24) is 5.32 Å². The summed E-state index contributed by atoms with van der Waals surface area (Å²) in [4.78, 5) is 24.2. The van der Waals surface area contributed by atoms with Crippen molar-refractivity contribution in [3.63, 3.8) is 0 Å². The molecule has 8 nitrogen and oxygen atoms in total. The maximum absolute atomic E-state index is 12.3. The number of hydrogen-bond donors (Lipinski definition) is 3. The molecule has 0 aromatic heterocycles. The lowest BCUT2D eigenvalue weighted by Gasteiger charge is -2.41. The fraction of sp³-hybridized carbons (Fsp3) is 0.500. The summed E-state index contributed by atoms with van der Waals surface area (Å²) in [5, 5.41) is 22.7. The van der Waals surface area contributed by atoms with Gasteiger partial charge < -0.3 is 29.7 Å². The van der Waals surface area contributed by atoms with Crippen molar-refractivity contribution in [3.05, 3.63) is 35.9 Å². The summed E-state index contributed by atoms with van der Waals surface area (Å²) < 4.78 is 13.3. The minimum atomic E-state index is -1.83. The van der Waals surface area contributed by atoms with Crippen molar-refractivity contribution in [3.8, 4) is 0 Å². The number of carbonyl (C=O) groups is 2. The van der Waals surface area contributed by atoms with E-state index in [1.165, 1.54) is 19.1 Å². The first kappa shape index (κ1) is 22.0. The topological polar surface area (TPSA) is 114 Å². The summed E-state index contributed by atoms with van der Waals surface area (Å²) in [7, 11) is 0. The highest BCUT2D eigenvalue weighted by Crippen LogP contribution is 2.26. The van der Waals surface area contributed by atoms with E-state index in [0.29, 0.717) is 0 Å². The quantitative estimate of drug-likeness (QED) is 0.481. The van der Waals surface area contributed by atoms with Crippen LogP contribution in [0, 0.1) is 0 Å². The molecular weight excluding hydrogens is 425 g/mol. The summed E-state index contributed by atoms with van der Waals surface area (Å²) in [5.74, 6) is -0.748. The van der Waals surface area contributed by atoms with E-state index < -0.39 is 53.1 Å². The molecule has 1 aromatic rings. The van der Waals surface area contributed by atoms with Gasteiger partial charge in [0.2, 0.25) is 3.79 Å². The maximum Gasteiger partial charge on any atom is 0.407 e. The van der Waals surface area contributed by atoms with Gasteiger partial charge in [-0.2, -0.15) is 0 Å². The molecule has 5 atom stereocenters. The van der Waals surface area contributed by atoms with Crippen LogP contribution in [0.2, 0.25) is 0 Å². The molecule has 1 heterocycles. The third-order valence-electron chi connectivity index (χ3n) is 3.74. The predicted octanol–water partition coefficient (Wildman–Crippen LogP) is 1.77. The monoisotopic (exact) mass is 441 g/mol. The minimum absolute atomic E-state index is 0.232. The summed E-state index contributed by atoms with van der Waals surface area (Å²) in [6.07, 6.45) is -6.12. The van der Waals surface area contributed by atoms with Gasteiger partial charge in [-0.1, -0.05) is 53.0 Å². The van der Waals surface area contributed by atoms with Gasteiger partial charge in [-0.05, 0) is 19.1 Å². The number of ether oxygens (including phenoxy) is 3. The number of alkyl carbamates (subject to hydrolysis) is 1. The van der Waals surface area contributed by atoms with Crippen LogP contribution in [0.15, 0.2) is 30.3 Å². The number of esters is 1. The average Bonchev–Trinajstić information content (AvgIpc) is 2.61. The molecule has 1 aliphatic heterocycles. The van der Waals surface area contributed by atoms with Crippen LogP contribution < -0.4 is 5.32 Å². The molecule has 1 aromatic carbocycles. The lowest BCUT2D eigenvalue weighted by molar-refractivity contribution is -0.241. The second-order valence-electron chi connectivity index (χ2n) is 5.82. The number of aliphatic hydroxyl groups is 2. The normalized spacial score (nSPS) is 28.3. The van der Waals surface area contributed by atoms with Crippen molar-refractivity contribution in [1.29, 1.82) is 0 Å². The zero-order valence-electron chi connectivity index (χ0n) is 14.1. The third kappa shape index (κ3) is 6.38. The molecule has 0 bridgehead atoms. The van der Waals surface area contributed by atoms with Crippen LogP contribution in [0.1, 0.15) is 17.3 Å². The summed E-state index contributed by atoms with van der Waals surface area (Å²) in [5.41, 5.74) is 0.232. The van der Waals surface area contributed by atoms with E-state index in [4.69, 9.17) is 49.0 Å². The van der Waals surface area contributed by atoms with Gasteiger partial charge >= 0.3 is 12.1 Å². The van der Waals surface area contributed by atoms with E-state index in [0.717, 1.165) is 0 Å². The molecule has 1 saturated heterocycles. The molecule has 27 heavy (non-hydrogen) atoms. The fourth-order valence-electron chi connectivity index (χ4n) is 2.41. The van der Waals surface area contributed by atoms with Gasteiger partial charge in [-0.3, -0.25) is 0 Å². The van der Waals surface area contributed by atoms with Gasteiger partial charge in [0.1, 0.15) is 18.8 Å². The fourth-order valence-corrected chi connectivity index (χ4v) is 2.58. The van der Waals surface area contributed by atoms with E-state index >= 15 is 0 Å². The first-order valence-electron chi connectivity index (χ1n) is 7.86. The van der Waals surface area contributed by atoms with Crippen LogP contribution in [0.4, 0.5) is 4.79 Å². The van der Waals surface area contributed by atoms with E-state index in [-0.39, 0.29) is 5.56 Å². The zero-order chi connectivity index (χ0) is 20.2. The SMILES string of the molecule is C[C@H]1O[C@H](O)[C@H](NC(=O)OCC(Cl)(Cl)Cl)[C@@H](OC(=O)c2ccccc2)[C@H]1O. The van der Waals surface area contributed by atoms with Gasteiger partial charge in [0.25, 0.3) is 0 Å². The van der Waals surface area contributed by atoms with Crippen LogP contribution in [-0.4, -0.2) is 63.3 Å². The molecular formula is C16H18Cl3NO7. The minimum Gasteiger partial charge on any atom is -0.453 e. The van der Waals surface area contributed by atoms with Crippen LogP contribution >= 0.6 is 34.8 Å². The van der Waals surface area contributed by atoms with Crippen LogP contribution in [0.25, 0.3) is 0 Å². The highest BCUT2D eigenvalue weighted by Gasteiger charge is 2.46. The first-order chi connectivity index (χ1) is 12.6. The molecule has 0 radical (unpaired) electrons. The Kier molecular flexibility index (Phi) is 7.55. The Morgan fingerprint density at radius 2 is 1.85 bits per heavy atom. The Hall–Kier alpha value is -1.29. The first-order valence-corrected chi connectivity index (χ1v) is 8.99. The Labute approximate surface area is 170 Å². The van der Waals surface area contributed by atoms with E-state index in [1.54, 1.807) is 18.2 Å². The summed E-state index contributed by atoms with van der Waals surface area (Å²) in [6.45, 7) is 0.926. The van der Waals surface area contributed by atoms with Crippen LogP contribution in [0.5, 0.6) is 0 Å². The summed E-state index contributed by atoms with van der Waals surface area (Å²) >= 11 is 16.5. The number of nitrogens with one attached hydrogen (secondary N) is 1. The van der Waals surface area contributed by atoms with Gasteiger partial charge in [0, 0.05) is 0 Å². The van der Waals surface area contributed by atoms with Crippen molar-refractivity contribution >= 4 is 46.9 Å². The number of rotatable bonds is 4. The molecule has 1 amide bonds. The predicted molar refractivity (Wildman–Crippen MR) is 96.8 cm³/mol. The average molecular weight is 443 g/mol. The Morgan fingerprint density at radius 3 is 2.44 bits per heavy atom. The zero-order valence-corrected chi connectivity index (χ0v) is 16.3. The number of alkyl halides is 3. The molecule has 0 spiro atoms. The van der Waals surface area contributed by atoms with E-state index in [2.05, 4.69) is 5.32 Å². The summed E-state index contributed by atoms with van der Waals surface area (Å²) in [6, 6.07) is 6.72. The largest absolute Gasteiger partial charge is 0.453 e. The van der Waals surface area contributed by atoms with Crippen molar-refractivity contribution in [2.24, 2.45) is 0 Å². The van der Waals surface area contributed by atoms with Crippen molar-refractivity contribution in [2.45, 2.75) is 41.4 Å². The molecule has 0 aliphatic carbocycles. The molecule has 150 valence electrons. The second-order valence-corrected chi connectivity index (χ2v) is 8.34. The maximum atomic E-state index is 12.3. The van der Waals surface area contributed by atoms with E-state index in [9.17, 15) is 19.8 Å². The van der Waals surface area contributed by atoms with Crippen molar-refractivity contribution in [2.75, 3.05) is 6.61 Å². The molecule has 1 aliphatic rings. The number of amides is 1. The molecule has 11 heteroatoms. The lowest BCUT2D eigenvalue weighted by atomic mass is 9.97. The molecule has 2 rings (SSSR count). The number of benzene rings is 1. The van der Waals surface area contributed by atoms with E-state index in [1.807, 2.05) is 0 Å². The van der Waals surface area contributed by atoms with Gasteiger partial charge in [0.05, 0.1) is 11.7 Å². The Balaban J connectivity index is 2.11. The Morgan fingerprint density at radius 1 is 1.22 bits per heavy atom. The highest BCUT2D eigenvalue weighted by molar-refractivity contribution is 6.67. The van der Waals surface area contributed by atoms with Gasteiger partial charge in [0.15, 0.2) is 12.4 Å².